The molecule has 0 bridgehead atoms. The van der Waals surface area contributed by atoms with Crippen molar-refractivity contribution in [2.75, 3.05) is 11.5 Å². The highest BCUT2D eigenvalue weighted by Gasteiger charge is 2.41. The van der Waals surface area contributed by atoms with Gasteiger partial charge in [0.05, 0.1) is 16.4 Å². The van der Waals surface area contributed by atoms with Crippen molar-refractivity contribution in [3.63, 3.8) is 0 Å². The quantitative estimate of drug-likeness (QED) is 0.909. The van der Waals surface area contributed by atoms with Crippen LogP contribution in [0, 0.1) is 20.8 Å². The zero-order chi connectivity index (χ0) is 16.1. The molecule has 0 spiro atoms. The summed E-state index contributed by atoms with van der Waals surface area (Å²) in [7, 11) is -6.90. The molecule has 0 saturated carbocycles. The Morgan fingerprint density at radius 3 is 2.19 bits per heavy atom. The Morgan fingerprint density at radius 2 is 1.67 bits per heavy atom. The van der Waals surface area contributed by atoms with Crippen LogP contribution in [0.4, 0.5) is 0 Å². The van der Waals surface area contributed by atoms with Gasteiger partial charge >= 0.3 is 0 Å². The first-order valence-electron chi connectivity index (χ1n) is 6.76. The highest BCUT2D eigenvalue weighted by atomic mass is 32.2. The van der Waals surface area contributed by atoms with E-state index >= 15 is 0 Å². The van der Waals surface area contributed by atoms with Crippen LogP contribution in [0.3, 0.4) is 0 Å². The van der Waals surface area contributed by atoms with Crippen molar-refractivity contribution < 1.29 is 16.8 Å². The molecule has 21 heavy (non-hydrogen) atoms. The van der Waals surface area contributed by atoms with Crippen molar-refractivity contribution in [2.24, 2.45) is 0 Å². The summed E-state index contributed by atoms with van der Waals surface area (Å²) in [6, 6.07) is 3.47. The van der Waals surface area contributed by atoms with Crippen LogP contribution in [-0.2, 0) is 19.9 Å². The number of benzene rings is 1. The zero-order valence-corrected chi connectivity index (χ0v) is 14.4. The molecule has 1 atom stereocenters. The van der Waals surface area contributed by atoms with Crippen LogP contribution in [0.25, 0.3) is 0 Å². The largest absolute Gasteiger partial charge is 0.241 e. The molecule has 1 N–H and O–H groups in total. The van der Waals surface area contributed by atoms with Gasteiger partial charge in [-0.25, -0.2) is 21.6 Å². The van der Waals surface area contributed by atoms with Crippen LogP contribution in [-0.4, -0.2) is 33.9 Å². The summed E-state index contributed by atoms with van der Waals surface area (Å²) in [6.45, 7) is 7.17. The van der Waals surface area contributed by atoms with E-state index in [-0.39, 0.29) is 16.4 Å². The summed E-state index contributed by atoms with van der Waals surface area (Å²) in [5, 5.41) is 0. The molecule has 1 fully saturated rings. The highest BCUT2D eigenvalue weighted by Crippen LogP contribution is 2.27. The van der Waals surface area contributed by atoms with Gasteiger partial charge in [0.1, 0.15) is 0 Å². The number of nitrogens with one attached hydrogen (secondary N) is 1. The Bertz CT molecular complexity index is 781. The van der Waals surface area contributed by atoms with Gasteiger partial charge in [-0.3, -0.25) is 0 Å². The van der Waals surface area contributed by atoms with Gasteiger partial charge in [0.25, 0.3) is 0 Å². The molecule has 0 amide bonds. The van der Waals surface area contributed by atoms with Gasteiger partial charge < -0.3 is 0 Å². The van der Waals surface area contributed by atoms with Crippen LogP contribution in [0.2, 0.25) is 0 Å². The van der Waals surface area contributed by atoms with Crippen LogP contribution in [0.15, 0.2) is 17.0 Å². The molecule has 0 unspecified atom stereocenters. The average Bonchev–Trinajstić information content (AvgIpc) is 2.56. The number of rotatable bonds is 3. The molecule has 1 aliphatic heterocycles. The van der Waals surface area contributed by atoms with Gasteiger partial charge in [-0.2, -0.15) is 0 Å². The van der Waals surface area contributed by atoms with Crippen molar-refractivity contribution in [3.8, 4) is 0 Å². The Balaban J connectivity index is 2.38. The van der Waals surface area contributed by atoms with E-state index in [4.69, 9.17) is 0 Å². The molecule has 1 aromatic rings. The number of sulfonamides is 1. The smallest absolute Gasteiger partial charge is 0.229 e. The molecule has 0 aliphatic carbocycles. The summed E-state index contributed by atoms with van der Waals surface area (Å²) >= 11 is 0. The van der Waals surface area contributed by atoms with E-state index in [0.717, 1.165) is 11.1 Å². The maximum atomic E-state index is 12.6. The summed E-state index contributed by atoms with van der Waals surface area (Å²) in [5.74, 6) is -0.124. The zero-order valence-electron chi connectivity index (χ0n) is 12.7. The van der Waals surface area contributed by atoms with Gasteiger partial charge in [-0.15, -0.1) is 0 Å². The van der Waals surface area contributed by atoms with Gasteiger partial charge in [-0.05, 0) is 56.9 Å². The lowest BCUT2D eigenvalue weighted by Crippen LogP contribution is -2.46. The fraction of sp³-hybridized carbons (Fsp3) is 0.571. The van der Waals surface area contributed by atoms with E-state index in [2.05, 4.69) is 4.72 Å². The molecule has 7 heteroatoms. The Kier molecular flexibility index (Phi) is 3.97. The third-order valence-corrected chi connectivity index (χ3v) is 7.65. The molecule has 1 aliphatic rings. The van der Waals surface area contributed by atoms with Crippen molar-refractivity contribution >= 4 is 19.9 Å². The molecule has 5 nitrogen and oxygen atoms in total. The SMILES string of the molecule is Cc1cc(C)c(S(=O)(=O)N[C@]2(C)CCS(=O)(=O)C2)cc1C. The number of hydrogen-bond donors (Lipinski definition) is 1. The fourth-order valence-corrected chi connectivity index (χ4v) is 6.63. The van der Waals surface area contributed by atoms with Gasteiger partial charge in [0.2, 0.25) is 10.0 Å². The normalized spacial score (nSPS) is 25.1. The van der Waals surface area contributed by atoms with E-state index in [1.54, 1.807) is 19.9 Å². The molecule has 1 aromatic carbocycles. The van der Waals surface area contributed by atoms with Gasteiger partial charge in [-0.1, -0.05) is 6.07 Å². The lowest BCUT2D eigenvalue weighted by atomic mass is 10.0. The van der Waals surface area contributed by atoms with Crippen LogP contribution >= 0.6 is 0 Å². The standard InChI is InChI=1S/C14H21NO4S2/c1-10-7-12(3)13(8-11(10)2)21(18,19)15-14(4)5-6-20(16,17)9-14/h7-8,15H,5-6,9H2,1-4H3/t14-/m1/s1. The lowest BCUT2D eigenvalue weighted by molar-refractivity contribution is 0.461. The number of hydrogen-bond acceptors (Lipinski definition) is 4. The fourth-order valence-electron chi connectivity index (χ4n) is 2.69. The average molecular weight is 331 g/mol. The second-order valence-corrected chi connectivity index (χ2v) is 10.0. The minimum Gasteiger partial charge on any atom is -0.229 e. The third kappa shape index (κ3) is 3.46. The van der Waals surface area contributed by atoms with Crippen LogP contribution in [0.1, 0.15) is 30.0 Å². The first-order valence-corrected chi connectivity index (χ1v) is 10.1. The highest BCUT2D eigenvalue weighted by molar-refractivity contribution is 7.92. The molecule has 1 heterocycles. The monoisotopic (exact) mass is 331 g/mol. The van der Waals surface area contributed by atoms with E-state index in [9.17, 15) is 16.8 Å². The minimum atomic E-state index is -3.74. The van der Waals surface area contributed by atoms with Gasteiger partial charge in [0, 0.05) is 5.54 Å². The maximum absolute atomic E-state index is 12.6. The van der Waals surface area contributed by atoms with Gasteiger partial charge in [0.15, 0.2) is 9.84 Å². The molecule has 2 rings (SSSR count). The van der Waals surface area contributed by atoms with E-state index in [1.165, 1.54) is 0 Å². The molecule has 118 valence electrons. The van der Waals surface area contributed by atoms with Crippen molar-refractivity contribution in [2.45, 2.75) is 44.6 Å². The van der Waals surface area contributed by atoms with Crippen molar-refractivity contribution in [3.05, 3.63) is 28.8 Å². The van der Waals surface area contributed by atoms with Crippen molar-refractivity contribution in [1.82, 2.24) is 4.72 Å². The second-order valence-electron chi connectivity index (χ2n) is 6.21. The molecule has 0 radical (unpaired) electrons. The van der Waals surface area contributed by atoms with E-state index < -0.39 is 25.4 Å². The van der Waals surface area contributed by atoms with Crippen LogP contribution in [0.5, 0.6) is 0 Å². The molecular weight excluding hydrogens is 310 g/mol. The molecule has 1 saturated heterocycles. The number of aryl methyl sites for hydroxylation is 3. The summed E-state index contributed by atoms with van der Waals surface area (Å²) in [6.07, 6.45) is 0.304. The first-order chi connectivity index (χ1) is 9.44. The summed E-state index contributed by atoms with van der Waals surface area (Å²) in [4.78, 5) is 0.219. The Hall–Kier alpha value is -0.920. The Labute approximate surface area is 126 Å². The molecular formula is C14H21NO4S2. The first kappa shape index (κ1) is 16.5. The van der Waals surface area contributed by atoms with E-state index in [1.807, 2.05) is 19.9 Å². The second kappa shape index (κ2) is 5.07. The number of sulfone groups is 1. The molecule has 0 aromatic heterocycles. The summed E-state index contributed by atoms with van der Waals surface area (Å²) < 4.78 is 50.9. The topological polar surface area (TPSA) is 80.3 Å². The lowest BCUT2D eigenvalue weighted by Gasteiger charge is -2.24. The van der Waals surface area contributed by atoms with Crippen LogP contribution < -0.4 is 4.72 Å². The minimum absolute atomic E-state index is 0.0257. The maximum Gasteiger partial charge on any atom is 0.241 e. The third-order valence-electron chi connectivity index (χ3n) is 3.96. The predicted molar refractivity (Wildman–Crippen MR) is 82.7 cm³/mol. The Morgan fingerprint density at radius 1 is 1.10 bits per heavy atom. The summed E-state index contributed by atoms with van der Waals surface area (Å²) in [5.41, 5.74) is 1.66. The van der Waals surface area contributed by atoms with Crippen molar-refractivity contribution in [1.29, 1.82) is 0 Å². The van der Waals surface area contributed by atoms with E-state index in [0.29, 0.717) is 12.0 Å². The predicted octanol–water partition coefficient (Wildman–Crippen LogP) is 1.47.